The maximum Gasteiger partial charge on any atom is 0.243 e. The molecule has 0 amide bonds. The second kappa shape index (κ2) is 8.51. The highest BCUT2D eigenvalue weighted by Crippen LogP contribution is 2.34. The summed E-state index contributed by atoms with van der Waals surface area (Å²) in [4.78, 5) is 0.252. The third-order valence-corrected chi connectivity index (χ3v) is 6.96. The van der Waals surface area contributed by atoms with Gasteiger partial charge in [0.2, 0.25) is 10.0 Å². The van der Waals surface area contributed by atoms with Crippen molar-refractivity contribution in [2.45, 2.75) is 24.3 Å². The monoisotopic (exact) mass is 403 g/mol. The number of ether oxygens (including phenoxy) is 3. The smallest absolute Gasteiger partial charge is 0.243 e. The first-order valence-electron chi connectivity index (χ1n) is 9.64. The molecule has 2 aromatic rings. The van der Waals surface area contributed by atoms with Gasteiger partial charge in [0.05, 0.1) is 18.1 Å². The molecule has 28 heavy (non-hydrogen) atoms. The molecule has 0 radical (unpaired) electrons. The van der Waals surface area contributed by atoms with Crippen molar-refractivity contribution < 1.29 is 22.6 Å². The molecule has 7 heteroatoms. The quantitative estimate of drug-likeness (QED) is 0.742. The minimum absolute atomic E-state index is 0.199. The normalized spacial score (nSPS) is 20.1. The fourth-order valence-electron chi connectivity index (χ4n) is 3.63. The van der Waals surface area contributed by atoms with E-state index in [1.165, 1.54) is 0 Å². The van der Waals surface area contributed by atoms with Crippen LogP contribution >= 0.6 is 0 Å². The number of nitrogens with zero attached hydrogens (tertiary/aromatic N) is 1. The highest BCUT2D eigenvalue weighted by molar-refractivity contribution is 7.89. The molecule has 1 saturated heterocycles. The zero-order chi connectivity index (χ0) is 19.4. The average molecular weight is 404 g/mol. The molecule has 0 spiro atoms. The van der Waals surface area contributed by atoms with Crippen LogP contribution in [0.5, 0.6) is 11.5 Å². The van der Waals surface area contributed by atoms with Crippen LogP contribution in [0.3, 0.4) is 0 Å². The van der Waals surface area contributed by atoms with Gasteiger partial charge in [0.25, 0.3) is 0 Å². The van der Waals surface area contributed by atoms with Crippen molar-refractivity contribution >= 4 is 10.0 Å². The van der Waals surface area contributed by atoms with Gasteiger partial charge in [-0.25, -0.2) is 8.42 Å². The largest absolute Gasteiger partial charge is 0.486 e. The highest BCUT2D eigenvalue weighted by atomic mass is 32.2. The number of piperidine rings is 1. The molecule has 0 unspecified atom stereocenters. The minimum atomic E-state index is -3.56. The standard InChI is InChI=1S/C21H25NO5S/c23-28(24,19-8-9-20-21(13-19)27-12-11-26-20)22-10-4-7-18(14-22)16-25-15-17-5-2-1-3-6-17/h1-3,5-6,8-9,13,18H,4,7,10-12,14-16H2/t18-/m1/s1. The molecule has 0 saturated carbocycles. The summed E-state index contributed by atoms with van der Waals surface area (Å²) in [7, 11) is -3.56. The van der Waals surface area contributed by atoms with Crippen molar-refractivity contribution in [3.05, 3.63) is 54.1 Å². The lowest BCUT2D eigenvalue weighted by molar-refractivity contribution is 0.0672. The topological polar surface area (TPSA) is 65.1 Å². The summed E-state index contributed by atoms with van der Waals surface area (Å²) in [6.45, 7) is 3.03. The van der Waals surface area contributed by atoms with Gasteiger partial charge < -0.3 is 14.2 Å². The van der Waals surface area contributed by atoms with Gasteiger partial charge in [-0.05, 0) is 36.5 Å². The fourth-order valence-corrected chi connectivity index (χ4v) is 5.20. The van der Waals surface area contributed by atoms with Crippen LogP contribution in [-0.2, 0) is 21.4 Å². The minimum Gasteiger partial charge on any atom is -0.486 e. The van der Waals surface area contributed by atoms with E-state index in [2.05, 4.69) is 0 Å². The number of sulfonamides is 1. The third kappa shape index (κ3) is 4.32. The first-order valence-corrected chi connectivity index (χ1v) is 11.1. The molecule has 4 rings (SSSR count). The Hall–Kier alpha value is -2.09. The summed E-state index contributed by atoms with van der Waals surface area (Å²) >= 11 is 0. The summed E-state index contributed by atoms with van der Waals surface area (Å²) in [6, 6.07) is 14.8. The Morgan fingerprint density at radius 2 is 1.82 bits per heavy atom. The van der Waals surface area contributed by atoms with Crippen molar-refractivity contribution in [3.8, 4) is 11.5 Å². The molecule has 6 nitrogen and oxygen atoms in total. The Morgan fingerprint density at radius 1 is 1.04 bits per heavy atom. The summed E-state index contributed by atoms with van der Waals surface area (Å²) in [5.41, 5.74) is 1.12. The van der Waals surface area contributed by atoms with Gasteiger partial charge in [-0.1, -0.05) is 30.3 Å². The van der Waals surface area contributed by atoms with Gasteiger partial charge in [0.1, 0.15) is 13.2 Å². The van der Waals surface area contributed by atoms with Gasteiger partial charge in [-0.3, -0.25) is 0 Å². The van der Waals surface area contributed by atoms with E-state index in [1.54, 1.807) is 22.5 Å². The predicted octanol–water partition coefficient (Wildman–Crippen LogP) is 3.08. The molecule has 0 aliphatic carbocycles. The summed E-state index contributed by atoms with van der Waals surface area (Å²) in [5.74, 6) is 1.28. The maximum atomic E-state index is 13.1. The van der Waals surface area contributed by atoms with Crippen LogP contribution in [0.25, 0.3) is 0 Å². The second-order valence-electron chi connectivity index (χ2n) is 7.18. The van der Waals surface area contributed by atoms with E-state index < -0.39 is 10.0 Å². The van der Waals surface area contributed by atoms with Gasteiger partial charge in [-0.15, -0.1) is 0 Å². The maximum absolute atomic E-state index is 13.1. The molecule has 1 fully saturated rings. The number of hydrogen-bond donors (Lipinski definition) is 0. The SMILES string of the molecule is O=S(=O)(c1ccc2c(c1)OCCO2)N1CCC[C@@H](COCc2ccccc2)C1. The zero-order valence-electron chi connectivity index (χ0n) is 15.7. The fraction of sp³-hybridized carbons (Fsp3) is 0.429. The molecule has 150 valence electrons. The van der Waals surface area contributed by atoms with Crippen LogP contribution in [0.2, 0.25) is 0 Å². The average Bonchev–Trinajstić information content (AvgIpc) is 2.74. The Balaban J connectivity index is 1.39. The lowest BCUT2D eigenvalue weighted by Gasteiger charge is -2.32. The Labute approximate surface area is 166 Å². The zero-order valence-corrected chi connectivity index (χ0v) is 16.6. The predicted molar refractivity (Wildman–Crippen MR) is 105 cm³/mol. The third-order valence-electron chi connectivity index (χ3n) is 5.10. The summed E-state index contributed by atoms with van der Waals surface area (Å²) in [6.07, 6.45) is 1.81. The van der Waals surface area contributed by atoms with Crippen molar-refractivity contribution in [2.24, 2.45) is 5.92 Å². The van der Waals surface area contributed by atoms with Crippen molar-refractivity contribution in [1.29, 1.82) is 0 Å². The Morgan fingerprint density at radius 3 is 2.64 bits per heavy atom. The molecule has 0 aromatic heterocycles. The van der Waals surface area contributed by atoms with Crippen LogP contribution in [-0.4, -0.2) is 45.6 Å². The molecular weight excluding hydrogens is 378 g/mol. The van der Waals surface area contributed by atoms with E-state index in [0.29, 0.717) is 51.0 Å². The Kier molecular flexibility index (Phi) is 5.85. The number of rotatable bonds is 6. The summed E-state index contributed by atoms with van der Waals surface area (Å²) < 4.78 is 44.6. The van der Waals surface area contributed by atoms with Crippen molar-refractivity contribution in [1.82, 2.24) is 4.31 Å². The van der Waals surface area contributed by atoms with E-state index in [-0.39, 0.29) is 10.8 Å². The number of fused-ring (bicyclic) bond motifs is 1. The van der Waals surface area contributed by atoms with E-state index in [0.717, 1.165) is 18.4 Å². The van der Waals surface area contributed by atoms with Gasteiger partial charge in [-0.2, -0.15) is 4.31 Å². The van der Waals surface area contributed by atoms with Crippen LogP contribution < -0.4 is 9.47 Å². The van der Waals surface area contributed by atoms with Crippen molar-refractivity contribution in [2.75, 3.05) is 32.9 Å². The molecular formula is C21H25NO5S. The number of benzene rings is 2. The van der Waals surface area contributed by atoms with E-state index >= 15 is 0 Å². The molecule has 2 aromatic carbocycles. The van der Waals surface area contributed by atoms with E-state index in [4.69, 9.17) is 14.2 Å². The van der Waals surface area contributed by atoms with Gasteiger partial charge >= 0.3 is 0 Å². The van der Waals surface area contributed by atoms with Gasteiger partial charge in [0, 0.05) is 19.2 Å². The van der Waals surface area contributed by atoms with E-state index in [9.17, 15) is 8.42 Å². The lowest BCUT2D eigenvalue weighted by Crippen LogP contribution is -2.41. The van der Waals surface area contributed by atoms with Crippen LogP contribution in [0.1, 0.15) is 18.4 Å². The molecule has 2 aliphatic heterocycles. The van der Waals surface area contributed by atoms with Crippen LogP contribution in [0.4, 0.5) is 0 Å². The highest BCUT2D eigenvalue weighted by Gasteiger charge is 2.31. The van der Waals surface area contributed by atoms with Crippen LogP contribution in [0, 0.1) is 5.92 Å². The van der Waals surface area contributed by atoms with Crippen molar-refractivity contribution in [3.63, 3.8) is 0 Å². The summed E-state index contributed by atoms with van der Waals surface area (Å²) in [5, 5.41) is 0. The molecule has 1 atom stereocenters. The second-order valence-corrected chi connectivity index (χ2v) is 9.12. The number of hydrogen-bond acceptors (Lipinski definition) is 5. The van der Waals surface area contributed by atoms with Crippen LogP contribution in [0.15, 0.2) is 53.4 Å². The molecule has 2 aliphatic rings. The molecule has 0 N–H and O–H groups in total. The van der Waals surface area contributed by atoms with E-state index in [1.807, 2.05) is 30.3 Å². The molecule has 0 bridgehead atoms. The first kappa shape index (κ1) is 19.2. The Bertz CT molecular complexity index is 900. The first-order chi connectivity index (χ1) is 13.6. The molecule has 2 heterocycles. The van der Waals surface area contributed by atoms with Gasteiger partial charge in [0.15, 0.2) is 11.5 Å². The lowest BCUT2D eigenvalue weighted by atomic mass is 10.0.